The minimum absolute atomic E-state index is 0.0832. The molecule has 32 heavy (non-hydrogen) atoms. The number of aromatic nitrogens is 2. The van der Waals surface area contributed by atoms with Crippen LogP contribution in [0.15, 0.2) is 62.3 Å². The molecule has 1 saturated heterocycles. The van der Waals surface area contributed by atoms with E-state index in [1.165, 1.54) is 5.56 Å². The number of piperidine rings is 1. The van der Waals surface area contributed by atoms with E-state index >= 15 is 0 Å². The molecule has 0 aliphatic carbocycles. The van der Waals surface area contributed by atoms with Crippen molar-refractivity contribution in [3.63, 3.8) is 0 Å². The lowest BCUT2D eigenvalue weighted by Crippen LogP contribution is -2.40. The molecule has 1 aliphatic heterocycles. The van der Waals surface area contributed by atoms with Crippen molar-refractivity contribution in [3.05, 3.63) is 81.5 Å². The molecule has 162 valence electrons. The van der Waals surface area contributed by atoms with Crippen LogP contribution in [0.25, 0.3) is 22.4 Å². The van der Waals surface area contributed by atoms with Crippen LogP contribution in [0.5, 0.6) is 0 Å². The third-order valence-corrected chi connectivity index (χ3v) is 6.17. The maximum absolute atomic E-state index is 13.2. The van der Waals surface area contributed by atoms with Gasteiger partial charge < -0.3 is 13.8 Å². The van der Waals surface area contributed by atoms with Crippen LogP contribution in [0, 0.1) is 13.8 Å². The van der Waals surface area contributed by atoms with Gasteiger partial charge in [0.15, 0.2) is 0 Å². The highest BCUT2D eigenvalue weighted by Gasteiger charge is 2.30. The number of para-hydroxylation sites is 1. The standard InChI is InChI=1S/C25H23N3O4/c1-15-7-9-17(10-8-15)22-26-23(32-27-22)18-11-13-28(14-12-18)24(29)21-16(2)19-5-3-4-6-20(19)31-25(21)30/h3-10,18H,11-14H2,1-2H3. The molecular formula is C25H23N3O4. The van der Waals surface area contributed by atoms with E-state index in [1.54, 1.807) is 24.0 Å². The van der Waals surface area contributed by atoms with Crippen LogP contribution < -0.4 is 5.63 Å². The van der Waals surface area contributed by atoms with Gasteiger partial charge >= 0.3 is 5.63 Å². The zero-order valence-electron chi connectivity index (χ0n) is 18.0. The topological polar surface area (TPSA) is 89.4 Å². The third kappa shape index (κ3) is 3.60. The highest BCUT2D eigenvalue weighted by atomic mass is 16.5. The summed E-state index contributed by atoms with van der Waals surface area (Å²) in [6.07, 6.45) is 1.39. The van der Waals surface area contributed by atoms with E-state index in [1.807, 2.05) is 43.3 Å². The third-order valence-electron chi connectivity index (χ3n) is 6.17. The fourth-order valence-corrected chi connectivity index (χ4v) is 4.26. The summed E-state index contributed by atoms with van der Waals surface area (Å²) in [6, 6.07) is 15.2. The van der Waals surface area contributed by atoms with Gasteiger partial charge in [-0.15, -0.1) is 0 Å². The van der Waals surface area contributed by atoms with Gasteiger partial charge in [-0.05, 0) is 38.3 Å². The first-order valence-electron chi connectivity index (χ1n) is 10.7. The van der Waals surface area contributed by atoms with Crippen LogP contribution in [-0.2, 0) is 0 Å². The van der Waals surface area contributed by atoms with Crippen molar-refractivity contribution < 1.29 is 13.7 Å². The monoisotopic (exact) mass is 429 g/mol. The van der Waals surface area contributed by atoms with Gasteiger partial charge in [0.05, 0.1) is 0 Å². The zero-order valence-corrected chi connectivity index (χ0v) is 18.0. The number of likely N-dealkylation sites (tertiary alicyclic amines) is 1. The van der Waals surface area contributed by atoms with Gasteiger partial charge in [-0.1, -0.05) is 53.2 Å². The number of hydrogen-bond donors (Lipinski definition) is 0. The Balaban J connectivity index is 1.31. The van der Waals surface area contributed by atoms with Crippen molar-refractivity contribution in [1.29, 1.82) is 0 Å². The molecule has 0 atom stereocenters. The molecule has 0 saturated carbocycles. The van der Waals surface area contributed by atoms with Crippen LogP contribution in [0.4, 0.5) is 0 Å². The number of hydrogen-bond acceptors (Lipinski definition) is 6. The van der Waals surface area contributed by atoms with Gasteiger partial charge in [-0.3, -0.25) is 4.79 Å². The quantitative estimate of drug-likeness (QED) is 0.446. The highest BCUT2D eigenvalue weighted by Crippen LogP contribution is 2.30. The molecule has 7 nitrogen and oxygen atoms in total. The SMILES string of the molecule is Cc1ccc(-c2noc(C3CCN(C(=O)c4c(C)c5ccccc5oc4=O)CC3)n2)cc1. The Morgan fingerprint density at radius 1 is 1.03 bits per heavy atom. The summed E-state index contributed by atoms with van der Waals surface area (Å²) in [7, 11) is 0. The lowest BCUT2D eigenvalue weighted by molar-refractivity contribution is 0.0699. The second kappa shape index (κ2) is 8.07. The predicted octanol–water partition coefficient (Wildman–Crippen LogP) is 4.48. The molecule has 1 aliphatic rings. The first-order chi connectivity index (χ1) is 15.5. The van der Waals surface area contributed by atoms with E-state index < -0.39 is 5.63 Å². The number of fused-ring (bicyclic) bond motifs is 1. The van der Waals surface area contributed by atoms with Crippen molar-refractivity contribution in [3.8, 4) is 11.4 Å². The number of nitrogens with zero attached hydrogens (tertiary/aromatic N) is 3. The number of rotatable bonds is 3. The smallest absolute Gasteiger partial charge is 0.349 e. The van der Waals surface area contributed by atoms with E-state index in [9.17, 15) is 9.59 Å². The molecule has 2 aromatic carbocycles. The summed E-state index contributed by atoms with van der Waals surface area (Å²) in [4.78, 5) is 32.0. The number of carbonyl (C=O) groups excluding carboxylic acids is 1. The summed E-state index contributed by atoms with van der Waals surface area (Å²) in [5.74, 6) is 0.961. The lowest BCUT2D eigenvalue weighted by Gasteiger charge is -2.30. The molecule has 0 radical (unpaired) electrons. The molecule has 7 heteroatoms. The Labute approximate surface area is 184 Å². The Bertz CT molecular complexity index is 1350. The summed E-state index contributed by atoms with van der Waals surface area (Å²) >= 11 is 0. The van der Waals surface area contributed by atoms with E-state index in [4.69, 9.17) is 8.94 Å². The van der Waals surface area contributed by atoms with E-state index in [-0.39, 0.29) is 17.4 Å². The minimum Gasteiger partial charge on any atom is -0.422 e. The Hall–Kier alpha value is -3.74. The zero-order chi connectivity index (χ0) is 22.2. The largest absolute Gasteiger partial charge is 0.422 e. The van der Waals surface area contributed by atoms with Crippen LogP contribution in [-0.4, -0.2) is 34.0 Å². The van der Waals surface area contributed by atoms with Gasteiger partial charge in [0.25, 0.3) is 5.91 Å². The molecule has 4 aromatic rings. The van der Waals surface area contributed by atoms with Crippen molar-refractivity contribution in [2.75, 3.05) is 13.1 Å². The van der Waals surface area contributed by atoms with E-state index in [0.717, 1.165) is 10.9 Å². The van der Waals surface area contributed by atoms with Crippen LogP contribution in [0.1, 0.15) is 46.1 Å². The molecule has 0 spiro atoms. The lowest BCUT2D eigenvalue weighted by atomic mass is 9.95. The van der Waals surface area contributed by atoms with Gasteiger partial charge in [0.2, 0.25) is 11.7 Å². The summed E-state index contributed by atoms with van der Waals surface area (Å²) in [5, 5.41) is 4.90. The fraction of sp³-hybridized carbons (Fsp3) is 0.280. The van der Waals surface area contributed by atoms with Crippen molar-refractivity contribution >= 4 is 16.9 Å². The van der Waals surface area contributed by atoms with Crippen molar-refractivity contribution in [2.24, 2.45) is 0 Å². The average Bonchev–Trinajstić information content (AvgIpc) is 3.30. The molecule has 1 fully saturated rings. The van der Waals surface area contributed by atoms with Crippen molar-refractivity contribution in [1.82, 2.24) is 15.0 Å². The first-order valence-corrected chi connectivity index (χ1v) is 10.7. The van der Waals surface area contributed by atoms with E-state index in [0.29, 0.717) is 48.8 Å². The predicted molar refractivity (Wildman–Crippen MR) is 120 cm³/mol. The molecule has 1 amide bonds. The molecule has 0 N–H and O–H groups in total. The first kappa shape index (κ1) is 20.2. The van der Waals surface area contributed by atoms with Crippen molar-refractivity contribution in [2.45, 2.75) is 32.6 Å². The second-order valence-corrected chi connectivity index (χ2v) is 8.27. The van der Waals surface area contributed by atoms with Gasteiger partial charge in [0.1, 0.15) is 11.1 Å². The maximum atomic E-state index is 13.2. The second-order valence-electron chi connectivity index (χ2n) is 8.27. The summed E-state index contributed by atoms with van der Waals surface area (Å²) in [6.45, 7) is 4.85. The Morgan fingerprint density at radius 3 is 2.50 bits per heavy atom. The highest BCUT2D eigenvalue weighted by molar-refractivity contribution is 5.99. The Kier molecular flexibility index (Phi) is 5.09. The molecule has 0 bridgehead atoms. The average molecular weight is 429 g/mol. The van der Waals surface area contributed by atoms with Gasteiger partial charge in [-0.25, -0.2) is 4.79 Å². The van der Waals surface area contributed by atoms with Crippen LogP contribution in [0.3, 0.4) is 0 Å². The summed E-state index contributed by atoms with van der Waals surface area (Å²) < 4.78 is 10.9. The maximum Gasteiger partial charge on any atom is 0.349 e. The fourth-order valence-electron chi connectivity index (χ4n) is 4.26. The molecular weight excluding hydrogens is 406 g/mol. The van der Waals surface area contributed by atoms with Crippen LogP contribution in [0.2, 0.25) is 0 Å². The van der Waals surface area contributed by atoms with E-state index in [2.05, 4.69) is 10.1 Å². The molecule has 5 rings (SSSR count). The number of amides is 1. The number of aryl methyl sites for hydroxylation is 2. The number of benzene rings is 2. The van der Waals surface area contributed by atoms with Gasteiger partial charge in [0, 0.05) is 30.0 Å². The molecule has 2 aromatic heterocycles. The molecule has 3 heterocycles. The molecule has 0 unspecified atom stereocenters. The normalized spacial score (nSPS) is 14.8. The Morgan fingerprint density at radius 2 is 1.75 bits per heavy atom. The van der Waals surface area contributed by atoms with Crippen LogP contribution >= 0.6 is 0 Å². The number of carbonyl (C=O) groups is 1. The minimum atomic E-state index is -0.590. The van der Waals surface area contributed by atoms with Gasteiger partial charge in [-0.2, -0.15) is 4.98 Å². The summed E-state index contributed by atoms with van der Waals surface area (Å²) in [5.41, 5.74) is 2.76.